The number of alkyl halides is 6. The molecule has 0 spiro atoms. The van der Waals surface area contributed by atoms with Gasteiger partial charge in [0, 0.05) is 44.4 Å². The van der Waals surface area contributed by atoms with Crippen LogP contribution < -0.4 is 0 Å². The SMILES string of the molecule is CN(CC(c1cc(F)c(F)cc1F)N1CCC(N2CCCCC2)CC1)C(=O)Cc1cc(C(F)(F)F)cc(C(F)(F)F)c1. The number of hydrogen-bond acceptors (Lipinski definition) is 3. The molecule has 4 nitrogen and oxygen atoms in total. The molecular weight excluding hydrogens is 577 g/mol. The van der Waals surface area contributed by atoms with Crippen molar-refractivity contribution in [3.63, 3.8) is 0 Å². The quantitative estimate of drug-likeness (QED) is 0.254. The zero-order chi connectivity index (χ0) is 30.8. The summed E-state index contributed by atoms with van der Waals surface area (Å²) < 4.78 is 123. The van der Waals surface area contributed by atoms with E-state index in [1.807, 2.05) is 4.90 Å². The van der Waals surface area contributed by atoms with Crippen LogP contribution in [-0.4, -0.2) is 66.4 Å². The van der Waals surface area contributed by atoms with Crippen LogP contribution in [0.15, 0.2) is 30.3 Å². The summed E-state index contributed by atoms with van der Waals surface area (Å²) in [5, 5.41) is 0. The van der Waals surface area contributed by atoms with Crippen LogP contribution in [-0.2, 0) is 23.6 Å². The number of benzene rings is 2. The van der Waals surface area contributed by atoms with E-state index in [0.29, 0.717) is 37.3 Å². The lowest BCUT2D eigenvalue weighted by atomic mass is 9.96. The fourth-order valence-corrected chi connectivity index (χ4v) is 5.84. The molecule has 2 aromatic carbocycles. The molecule has 232 valence electrons. The van der Waals surface area contributed by atoms with Crippen LogP contribution in [0, 0.1) is 17.5 Å². The Hall–Kier alpha value is -2.80. The Morgan fingerprint density at radius 3 is 1.90 bits per heavy atom. The summed E-state index contributed by atoms with van der Waals surface area (Å²) >= 11 is 0. The van der Waals surface area contributed by atoms with Gasteiger partial charge in [-0.3, -0.25) is 9.69 Å². The molecule has 2 aliphatic heterocycles. The standard InChI is InChI=1S/C29H32F9N3O/c1-39(27(42)13-18-11-19(28(33,34)35)14-20(12-18)29(36,37)38)17-26(22-15-24(31)25(32)16-23(22)30)41-9-5-21(6-10-41)40-7-3-2-4-8-40/h11-12,14-16,21,26H,2-10,13,17H2,1H3. The topological polar surface area (TPSA) is 26.8 Å². The van der Waals surface area contributed by atoms with Gasteiger partial charge in [-0.1, -0.05) is 6.42 Å². The van der Waals surface area contributed by atoms with Crippen molar-refractivity contribution in [1.82, 2.24) is 14.7 Å². The molecule has 2 heterocycles. The molecule has 4 rings (SSSR count). The molecule has 0 radical (unpaired) electrons. The Bertz CT molecular complexity index is 1220. The van der Waals surface area contributed by atoms with Crippen LogP contribution >= 0.6 is 0 Å². The normalized spacial score (nSPS) is 18.7. The van der Waals surface area contributed by atoms with Gasteiger partial charge in [-0.25, -0.2) is 13.2 Å². The van der Waals surface area contributed by atoms with Gasteiger partial charge in [0.2, 0.25) is 5.91 Å². The summed E-state index contributed by atoms with van der Waals surface area (Å²) in [6, 6.07) is 1.47. The lowest BCUT2D eigenvalue weighted by Gasteiger charge is -2.43. The van der Waals surface area contributed by atoms with Gasteiger partial charge in [0.15, 0.2) is 11.6 Å². The van der Waals surface area contributed by atoms with Crippen molar-refractivity contribution in [3.05, 3.63) is 70.0 Å². The highest BCUT2D eigenvalue weighted by molar-refractivity contribution is 5.78. The van der Waals surface area contributed by atoms with Gasteiger partial charge >= 0.3 is 12.4 Å². The van der Waals surface area contributed by atoms with Crippen LogP contribution in [0.25, 0.3) is 0 Å². The minimum Gasteiger partial charge on any atom is -0.344 e. The van der Waals surface area contributed by atoms with Crippen molar-refractivity contribution >= 4 is 5.91 Å². The van der Waals surface area contributed by atoms with E-state index in [9.17, 15) is 44.3 Å². The lowest BCUT2D eigenvalue weighted by Crippen LogP contribution is -2.49. The van der Waals surface area contributed by atoms with Crippen LogP contribution in [0.5, 0.6) is 0 Å². The molecule has 1 atom stereocenters. The highest BCUT2D eigenvalue weighted by Gasteiger charge is 2.37. The molecule has 2 saturated heterocycles. The number of nitrogens with zero attached hydrogens (tertiary/aromatic N) is 3. The minimum absolute atomic E-state index is 0.0207. The largest absolute Gasteiger partial charge is 0.416 e. The summed E-state index contributed by atoms with van der Waals surface area (Å²) in [4.78, 5) is 18.4. The molecule has 2 aliphatic rings. The van der Waals surface area contributed by atoms with E-state index in [-0.39, 0.29) is 18.2 Å². The Morgan fingerprint density at radius 2 is 1.36 bits per heavy atom. The average molecular weight is 610 g/mol. The first-order valence-electron chi connectivity index (χ1n) is 13.8. The number of rotatable bonds is 7. The van der Waals surface area contributed by atoms with Crippen molar-refractivity contribution in [2.45, 2.75) is 63.0 Å². The van der Waals surface area contributed by atoms with Crippen LogP contribution in [0.4, 0.5) is 39.5 Å². The maximum atomic E-state index is 15.0. The summed E-state index contributed by atoms with van der Waals surface area (Å²) in [6.07, 6.45) is -6.09. The molecule has 2 fully saturated rings. The molecule has 0 N–H and O–H groups in total. The summed E-state index contributed by atoms with van der Waals surface area (Å²) in [5.74, 6) is -4.50. The first-order chi connectivity index (χ1) is 19.6. The maximum Gasteiger partial charge on any atom is 0.416 e. The van der Waals surface area contributed by atoms with Crippen molar-refractivity contribution in [2.75, 3.05) is 39.8 Å². The third-order valence-electron chi connectivity index (χ3n) is 8.12. The maximum absolute atomic E-state index is 15.0. The summed E-state index contributed by atoms with van der Waals surface area (Å²) in [6.45, 7) is 2.65. The number of hydrogen-bond donors (Lipinski definition) is 0. The number of halogens is 9. The number of carbonyl (C=O) groups excluding carboxylic acids is 1. The Morgan fingerprint density at radius 1 is 0.810 bits per heavy atom. The summed E-state index contributed by atoms with van der Waals surface area (Å²) in [7, 11) is 1.28. The third-order valence-corrected chi connectivity index (χ3v) is 8.12. The first-order valence-corrected chi connectivity index (χ1v) is 13.8. The molecule has 0 aromatic heterocycles. The van der Waals surface area contributed by atoms with E-state index < -0.39 is 64.9 Å². The zero-order valence-electron chi connectivity index (χ0n) is 23.0. The monoisotopic (exact) mass is 609 g/mol. The second-order valence-electron chi connectivity index (χ2n) is 11.0. The highest BCUT2D eigenvalue weighted by Crippen LogP contribution is 2.37. The highest BCUT2D eigenvalue weighted by atomic mass is 19.4. The lowest BCUT2D eigenvalue weighted by molar-refractivity contribution is -0.143. The van der Waals surface area contributed by atoms with E-state index in [4.69, 9.17) is 0 Å². The van der Waals surface area contributed by atoms with E-state index in [1.165, 1.54) is 13.5 Å². The van der Waals surface area contributed by atoms with Crippen molar-refractivity contribution in [3.8, 4) is 0 Å². The summed E-state index contributed by atoms with van der Waals surface area (Å²) in [5.41, 5.74) is -3.77. The first kappa shape index (κ1) is 32.1. The van der Waals surface area contributed by atoms with Crippen LogP contribution in [0.1, 0.15) is 60.4 Å². The predicted molar refractivity (Wildman–Crippen MR) is 137 cm³/mol. The number of carbonyl (C=O) groups is 1. The van der Waals surface area contributed by atoms with Gasteiger partial charge in [-0.2, -0.15) is 26.3 Å². The van der Waals surface area contributed by atoms with E-state index in [0.717, 1.165) is 49.7 Å². The van der Waals surface area contributed by atoms with Crippen molar-refractivity contribution < 1.29 is 44.3 Å². The van der Waals surface area contributed by atoms with E-state index in [2.05, 4.69) is 4.90 Å². The molecule has 0 saturated carbocycles. The number of likely N-dealkylation sites (tertiary alicyclic amines) is 2. The zero-order valence-corrected chi connectivity index (χ0v) is 23.0. The Balaban J connectivity index is 1.55. The molecule has 1 amide bonds. The fourth-order valence-electron chi connectivity index (χ4n) is 5.84. The van der Waals surface area contributed by atoms with Gasteiger partial charge in [0.25, 0.3) is 0 Å². The fraction of sp³-hybridized carbons (Fsp3) is 0.552. The van der Waals surface area contributed by atoms with Crippen LogP contribution in [0.3, 0.4) is 0 Å². The molecule has 0 bridgehead atoms. The molecule has 42 heavy (non-hydrogen) atoms. The van der Waals surface area contributed by atoms with Crippen molar-refractivity contribution in [1.29, 1.82) is 0 Å². The van der Waals surface area contributed by atoms with Gasteiger partial charge in [0.1, 0.15) is 5.82 Å². The predicted octanol–water partition coefficient (Wildman–Crippen LogP) is 6.83. The minimum atomic E-state index is -5.07. The molecular formula is C29H32F9N3O. The average Bonchev–Trinajstić information content (AvgIpc) is 2.93. The second kappa shape index (κ2) is 12.8. The van der Waals surface area contributed by atoms with Crippen molar-refractivity contribution in [2.24, 2.45) is 0 Å². The molecule has 2 aromatic rings. The third kappa shape index (κ3) is 7.77. The van der Waals surface area contributed by atoms with Gasteiger partial charge < -0.3 is 9.80 Å². The Labute approximate surface area is 238 Å². The van der Waals surface area contributed by atoms with E-state index in [1.54, 1.807) is 0 Å². The number of piperidine rings is 2. The van der Waals surface area contributed by atoms with E-state index >= 15 is 0 Å². The Kier molecular flexibility index (Phi) is 9.81. The molecule has 13 heteroatoms. The number of amides is 1. The van der Waals surface area contributed by atoms with Gasteiger partial charge in [-0.15, -0.1) is 0 Å². The molecule has 0 aliphatic carbocycles. The second-order valence-corrected chi connectivity index (χ2v) is 11.0. The van der Waals surface area contributed by atoms with Gasteiger partial charge in [-0.05, 0) is 68.6 Å². The van der Waals surface area contributed by atoms with Crippen LogP contribution in [0.2, 0.25) is 0 Å². The smallest absolute Gasteiger partial charge is 0.344 e. The molecule has 1 unspecified atom stereocenters. The number of likely N-dealkylation sites (N-methyl/N-ethyl adjacent to an activating group) is 1. The van der Waals surface area contributed by atoms with Gasteiger partial charge in [0.05, 0.1) is 23.6 Å².